The predicted molar refractivity (Wildman–Crippen MR) is 144 cm³/mol. The number of urea groups is 1. The molecule has 2 heterocycles. The fourth-order valence-electron chi connectivity index (χ4n) is 3.95. The number of aromatic hydroxyl groups is 1. The van der Waals surface area contributed by atoms with Crippen LogP contribution in [0.3, 0.4) is 0 Å². The summed E-state index contributed by atoms with van der Waals surface area (Å²) in [5.41, 5.74) is 5.19. The topological polar surface area (TPSA) is 113 Å². The summed E-state index contributed by atoms with van der Waals surface area (Å²) in [4.78, 5) is 17.2. The lowest BCUT2D eigenvalue weighted by atomic mass is 10.1. The van der Waals surface area contributed by atoms with Crippen molar-refractivity contribution in [2.75, 3.05) is 23.1 Å². The van der Waals surface area contributed by atoms with Gasteiger partial charge in [0, 0.05) is 35.1 Å². The zero-order valence-corrected chi connectivity index (χ0v) is 20.4. The van der Waals surface area contributed by atoms with E-state index in [1.807, 2.05) is 49.4 Å². The largest absolute Gasteiger partial charge is 0.507 e. The van der Waals surface area contributed by atoms with Crippen molar-refractivity contribution >= 4 is 28.9 Å². The van der Waals surface area contributed by atoms with Crippen LogP contribution in [0.2, 0.25) is 0 Å². The number of ether oxygens (including phenoxy) is 1. The molecule has 0 radical (unpaired) electrons. The molecule has 0 saturated heterocycles. The first-order valence-corrected chi connectivity index (χ1v) is 11.7. The second-order valence-corrected chi connectivity index (χ2v) is 8.47. The molecule has 3 aromatic carbocycles. The Morgan fingerprint density at radius 3 is 2.54 bits per heavy atom. The smallest absolute Gasteiger partial charge is 0.323 e. The van der Waals surface area contributed by atoms with E-state index in [2.05, 4.69) is 21.0 Å². The Labute approximate surface area is 213 Å². The molecule has 0 atom stereocenters. The number of anilines is 3. The van der Waals surface area contributed by atoms with Crippen molar-refractivity contribution in [3.05, 3.63) is 96.2 Å². The molecule has 5 aromatic rings. The molecule has 0 saturated carbocycles. The van der Waals surface area contributed by atoms with Gasteiger partial charge in [0.05, 0.1) is 19.0 Å². The van der Waals surface area contributed by atoms with Crippen LogP contribution in [0, 0.1) is 6.92 Å². The number of nitrogens with zero attached hydrogens (tertiary/aromatic N) is 3. The first-order valence-electron chi connectivity index (χ1n) is 11.7. The van der Waals surface area contributed by atoms with Crippen molar-refractivity contribution < 1.29 is 14.6 Å². The Hall–Kier alpha value is -5.05. The van der Waals surface area contributed by atoms with Gasteiger partial charge in [0.2, 0.25) is 0 Å². The molecule has 2 aromatic heterocycles. The maximum Gasteiger partial charge on any atom is 0.323 e. The highest BCUT2D eigenvalue weighted by Gasteiger charge is 2.13. The van der Waals surface area contributed by atoms with Gasteiger partial charge in [0.15, 0.2) is 5.65 Å². The quantitative estimate of drug-likeness (QED) is 0.232. The number of hydrogen-bond acceptors (Lipinski definition) is 6. The minimum Gasteiger partial charge on any atom is -0.507 e. The number of fused-ring (bicyclic) bond motifs is 1. The lowest BCUT2D eigenvalue weighted by molar-refractivity contribution is 0.262. The number of hydrogen-bond donors (Lipinski definition) is 4. The van der Waals surface area contributed by atoms with E-state index in [1.165, 1.54) is 0 Å². The lowest BCUT2D eigenvalue weighted by Gasteiger charge is -2.13. The number of rotatable bonds is 7. The number of nitrogens with one attached hydrogen (secondary N) is 3. The Bertz CT molecular complexity index is 1560. The van der Waals surface area contributed by atoms with Crippen molar-refractivity contribution in [1.29, 1.82) is 0 Å². The molecule has 9 nitrogen and oxygen atoms in total. The third kappa shape index (κ3) is 5.30. The Morgan fingerprint density at radius 1 is 0.973 bits per heavy atom. The monoisotopic (exact) mass is 494 g/mol. The van der Waals surface area contributed by atoms with Gasteiger partial charge in [-0.25, -0.2) is 9.78 Å². The van der Waals surface area contributed by atoms with Crippen LogP contribution in [0.1, 0.15) is 11.1 Å². The molecule has 0 fully saturated rings. The maximum atomic E-state index is 12.5. The summed E-state index contributed by atoms with van der Waals surface area (Å²) in [5, 5.41) is 23.9. The molecule has 9 heteroatoms. The second kappa shape index (κ2) is 10.3. The van der Waals surface area contributed by atoms with Gasteiger partial charge < -0.3 is 25.8 Å². The van der Waals surface area contributed by atoms with Crippen LogP contribution in [0.25, 0.3) is 16.9 Å². The fraction of sp³-hybridized carbons (Fsp3) is 0.107. The number of benzene rings is 3. The van der Waals surface area contributed by atoms with Gasteiger partial charge in [-0.1, -0.05) is 24.3 Å². The van der Waals surface area contributed by atoms with E-state index in [4.69, 9.17) is 9.72 Å². The van der Waals surface area contributed by atoms with E-state index in [-0.39, 0.29) is 11.8 Å². The number of carbonyl (C=O) groups excluding carboxylic acids is 1. The molecule has 2 amide bonds. The molecule has 37 heavy (non-hydrogen) atoms. The van der Waals surface area contributed by atoms with E-state index < -0.39 is 0 Å². The van der Waals surface area contributed by atoms with Crippen LogP contribution >= 0.6 is 0 Å². The van der Waals surface area contributed by atoms with Crippen molar-refractivity contribution in [3.8, 4) is 22.8 Å². The molecule has 0 bridgehead atoms. The summed E-state index contributed by atoms with van der Waals surface area (Å²) in [6.07, 6.45) is 1.76. The van der Waals surface area contributed by atoms with Crippen LogP contribution in [-0.4, -0.2) is 32.8 Å². The molecule has 0 aliphatic heterocycles. The Balaban J connectivity index is 1.31. The number of phenolic OH excluding ortho intramolecular Hbond substituents is 1. The minimum absolute atomic E-state index is 0.161. The van der Waals surface area contributed by atoms with E-state index >= 15 is 0 Å². The minimum atomic E-state index is -0.342. The van der Waals surface area contributed by atoms with Gasteiger partial charge >= 0.3 is 6.03 Å². The molecular weight excluding hydrogens is 468 g/mol. The summed E-state index contributed by atoms with van der Waals surface area (Å²) in [5.74, 6) is 1.61. The third-order valence-corrected chi connectivity index (χ3v) is 5.83. The van der Waals surface area contributed by atoms with Gasteiger partial charge in [0.25, 0.3) is 0 Å². The molecule has 0 spiro atoms. The highest BCUT2D eigenvalue weighted by molar-refractivity contribution is 5.99. The summed E-state index contributed by atoms with van der Waals surface area (Å²) >= 11 is 0. The Kier molecular flexibility index (Phi) is 6.58. The lowest BCUT2D eigenvalue weighted by Crippen LogP contribution is -2.19. The van der Waals surface area contributed by atoms with E-state index in [0.717, 1.165) is 22.7 Å². The molecule has 186 valence electrons. The predicted octanol–water partition coefficient (Wildman–Crippen LogP) is 5.68. The summed E-state index contributed by atoms with van der Waals surface area (Å²) in [6, 6.07) is 23.3. The summed E-state index contributed by atoms with van der Waals surface area (Å²) < 4.78 is 6.88. The third-order valence-electron chi connectivity index (χ3n) is 5.83. The van der Waals surface area contributed by atoms with Gasteiger partial charge in [-0.05, 0) is 61.0 Å². The van der Waals surface area contributed by atoms with Crippen LogP contribution in [0.5, 0.6) is 11.5 Å². The summed E-state index contributed by atoms with van der Waals surface area (Å²) in [7, 11) is 1.59. The Morgan fingerprint density at radius 2 is 1.76 bits per heavy atom. The maximum absolute atomic E-state index is 12.5. The van der Waals surface area contributed by atoms with Gasteiger partial charge in [-0.3, -0.25) is 0 Å². The van der Waals surface area contributed by atoms with E-state index in [0.29, 0.717) is 34.8 Å². The summed E-state index contributed by atoms with van der Waals surface area (Å²) in [6.45, 7) is 2.42. The average molecular weight is 495 g/mol. The van der Waals surface area contributed by atoms with Crippen molar-refractivity contribution in [2.24, 2.45) is 0 Å². The molecule has 4 N–H and O–H groups in total. The number of phenols is 1. The highest BCUT2D eigenvalue weighted by atomic mass is 16.5. The zero-order chi connectivity index (χ0) is 25.8. The van der Waals surface area contributed by atoms with Crippen LogP contribution in [0.4, 0.5) is 22.0 Å². The van der Waals surface area contributed by atoms with Crippen LogP contribution < -0.4 is 20.7 Å². The number of amides is 2. The normalized spacial score (nSPS) is 10.8. The highest BCUT2D eigenvalue weighted by Crippen LogP contribution is 2.30. The number of aromatic nitrogens is 3. The molecule has 0 aliphatic carbocycles. The fourth-order valence-corrected chi connectivity index (χ4v) is 3.95. The first-order chi connectivity index (χ1) is 18.0. The molecule has 0 unspecified atom stereocenters. The standard InChI is InChI=1S/C28H26N6O3/c1-18-16-30-34-26(15-24(33-27(18)34)23-8-3-4-9-25(23)35)29-17-19-6-5-7-21(14-19)32-28(36)31-20-10-12-22(37-2)13-11-20/h3-16,29,35H,17H2,1-2H3,(H2,31,32,36). The van der Waals surface area contributed by atoms with Gasteiger partial charge in [-0.15, -0.1) is 0 Å². The van der Waals surface area contributed by atoms with Crippen LogP contribution in [-0.2, 0) is 6.54 Å². The van der Waals surface area contributed by atoms with Crippen molar-refractivity contribution in [3.63, 3.8) is 0 Å². The molecular formula is C28H26N6O3. The van der Waals surface area contributed by atoms with E-state index in [1.54, 1.807) is 54.2 Å². The van der Waals surface area contributed by atoms with Crippen LogP contribution in [0.15, 0.2) is 85.1 Å². The first kappa shape index (κ1) is 23.7. The number of para-hydroxylation sites is 1. The number of aryl methyl sites for hydroxylation is 1. The van der Waals surface area contributed by atoms with Crippen molar-refractivity contribution in [2.45, 2.75) is 13.5 Å². The SMILES string of the molecule is COc1ccc(NC(=O)Nc2cccc(CNc3cc(-c4ccccc4O)nc4c(C)cnn34)c2)cc1. The number of methoxy groups -OCH3 is 1. The van der Waals surface area contributed by atoms with Gasteiger partial charge in [0.1, 0.15) is 17.3 Å². The van der Waals surface area contributed by atoms with E-state index in [9.17, 15) is 9.90 Å². The zero-order valence-electron chi connectivity index (χ0n) is 20.4. The average Bonchev–Trinajstić information content (AvgIpc) is 3.29. The molecule has 0 aliphatic rings. The number of carbonyl (C=O) groups is 1. The van der Waals surface area contributed by atoms with Gasteiger partial charge in [-0.2, -0.15) is 9.61 Å². The second-order valence-electron chi connectivity index (χ2n) is 8.47. The van der Waals surface area contributed by atoms with Crippen molar-refractivity contribution in [1.82, 2.24) is 14.6 Å². The molecule has 5 rings (SSSR count).